The maximum atomic E-state index is 12.1. The number of likely N-dealkylation sites (tertiary alicyclic amines) is 1. The Hall–Kier alpha value is -1.60. The lowest BCUT2D eigenvalue weighted by Gasteiger charge is -2.32. The average Bonchev–Trinajstić information content (AvgIpc) is 2.68. The Morgan fingerprint density at radius 1 is 1.19 bits per heavy atom. The number of carbonyl (C=O) groups is 1. The summed E-state index contributed by atoms with van der Waals surface area (Å²) in [6.45, 7) is 7.15. The molecule has 0 atom stereocenters. The lowest BCUT2D eigenvalue weighted by atomic mass is 10.1. The van der Waals surface area contributed by atoms with Crippen LogP contribution in [0.3, 0.4) is 0 Å². The van der Waals surface area contributed by atoms with Gasteiger partial charge in [-0.1, -0.05) is 22.9 Å². The van der Waals surface area contributed by atoms with Gasteiger partial charge in [-0.25, -0.2) is 0 Å². The molecule has 0 aromatic heterocycles. The van der Waals surface area contributed by atoms with Crippen LogP contribution in [0.25, 0.3) is 0 Å². The highest BCUT2D eigenvalue weighted by atomic mass is 79.9. The second kappa shape index (κ2) is 12.0. The molecule has 1 aliphatic rings. The van der Waals surface area contributed by atoms with Crippen molar-refractivity contribution in [3.05, 3.63) is 34.3 Å². The number of benzene rings is 1. The molecule has 0 bridgehead atoms. The topological polar surface area (TPSA) is 68.8 Å². The van der Waals surface area contributed by atoms with E-state index in [0.29, 0.717) is 18.2 Å². The molecule has 0 spiro atoms. The highest BCUT2D eigenvalue weighted by Crippen LogP contribution is 2.11. The lowest BCUT2D eigenvalue weighted by molar-refractivity contribution is 0.0953. The van der Waals surface area contributed by atoms with Crippen LogP contribution in [-0.2, 0) is 0 Å². The average molecular weight is 438 g/mol. The third-order valence-electron chi connectivity index (χ3n) is 4.73. The second-order valence-corrected chi connectivity index (χ2v) is 7.79. The molecule has 150 valence electrons. The van der Waals surface area contributed by atoms with Crippen molar-refractivity contribution in [2.24, 2.45) is 4.99 Å². The molecule has 1 aromatic carbocycles. The Balaban J connectivity index is 1.60. The minimum Gasteiger partial charge on any atom is -0.356 e. The van der Waals surface area contributed by atoms with E-state index in [1.54, 1.807) is 7.05 Å². The Labute approximate surface area is 171 Å². The first kappa shape index (κ1) is 21.7. The van der Waals surface area contributed by atoms with Crippen LogP contribution in [0.1, 0.15) is 43.0 Å². The number of rotatable bonds is 8. The van der Waals surface area contributed by atoms with Crippen LogP contribution < -0.4 is 16.0 Å². The van der Waals surface area contributed by atoms with Crippen molar-refractivity contribution in [3.8, 4) is 0 Å². The van der Waals surface area contributed by atoms with Crippen LogP contribution in [0.5, 0.6) is 0 Å². The maximum absolute atomic E-state index is 12.1. The summed E-state index contributed by atoms with van der Waals surface area (Å²) in [4.78, 5) is 18.9. The van der Waals surface area contributed by atoms with Crippen molar-refractivity contribution in [2.75, 3.05) is 39.8 Å². The summed E-state index contributed by atoms with van der Waals surface area (Å²) in [6.07, 6.45) is 4.38. The molecule has 0 aliphatic carbocycles. The lowest BCUT2D eigenvalue weighted by Crippen LogP contribution is -2.49. The molecule has 3 N–H and O–H groups in total. The molecule has 1 amide bonds. The van der Waals surface area contributed by atoms with Crippen molar-refractivity contribution in [1.82, 2.24) is 20.9 Å². The molecule has 0 radical (unpaired) electrons. The van der Waals surface area contributed by atoms with Gasteiger partial charge in [-0.05, 0) is 56.5 Å². The molecule has 1 fully saturated rings. The van der Waals surface area contributed by atoms with E-state index in [2.05, 4.69) is 48.7 Å². The molecule has 0 saturated carbocycles. The fraction of sp³-hybridized carbons (Fsp3) is 0.600. The highest BCUT2D eigenvalue weighted by Gasteiger charge is 2.19. The summed E-state index contributed by atoms with van der Waals surface area (Å²) in [5.41, 5.74) is 0.679. The zero-order valence-corrected chi connectivity index (χ0v) is 18.0. The fourth-order valence-electron chi connectivity index (χ4n) is 3.21. The number of amides is 1. The molecular weight excluding hydrogens is 406 g/mol. The first-order chi connectivity index (χ1) is 13.1. The number of halogens is 1. The standard InChI is InChI=1S/C20H32BrN5O/c1-3-13-26-14-9-18(10-15-26)25-20(22-2)24-12-4-11-23-19(27)16-5-7-17(21)8-6-16/h5-8,18H,3-4,9-15H2,1-2H3,(H,23,27)(H2,22,24,25). The quantitative estimate of drug-likeness (QED) is 0.332. The van der Waals surface area contributed by atoms with Crippen molar-refractivity contribution in [3.63, 3.8) is 0 Å². The number of aliphatic imine (C=N–C) groups is 1. The molecule has 1 aromatic rings. The molecule has 27 heavy (non-hydrogen) atoms. The Morgan fingerprint density at radius 3 is 2.48 bits per heavy atom. The summed E-state index contributed by atoms with van der Waals surface area (Å²) in [6, 6.07) is 7.86. The van der Waals surface area contributed by atoms with E-state index in [1.807, 2.05) is 24.3 Å². The monoisotopic (exact) mass is 437 g/mol. The van der Waals surface area contributed by atoms with Gasteiger partial charge in [0.25, 0.3) is 5.91 Å². The highest BCUT2D eigenvalue weighted by molar-refractivity contribution is 9.10. The van der Waals surface area contributed by atoms with E-state index in [4.69, 9.17) is 0 Å². The van der Waals surface area contributed by atoms with E-state index < -0.39 is 0 Å². The molecule has 0 unspecified atom stereocenters. The molecule has 1 saturated heterocycles. The minimum absolute atomic E-state index is 0.0381. The van der Waals surface area contributed by atoms with Gasteiger partial charge in [-0.15, -0.1) is 0 Å². The summed E-state index contributed by atoms with van der Waals surface area (Å²) in [7, 11) is 1.80. The van der Waals surface area contributed by atoms with Crippen LogP contribution in [0.2, 0.25) is 0 Å². The van der Waals surface area contributed by atoms with Crippen molar-refractivity contribution < 1.29 is 4.79 Å². The summed E-state index contributed by atoms with van der Waals surface area (Å²) >= 11 is 3.37. The van der Waals surface area contributed by atoms with Crippen LogP contribution in [0, 0.1) is 0 Å². The zero-order chi connectivity index (χ0) is 19.5. The Morgan fingerprint density at radius 2 is 1.85 bits per heavy atom. The van der Waals surface area contributed by atoms with Crippen molar-refractivity contribution in [2.45, 2.75) is 38.6 Å². The first-order valence-corrected chi connectivity index (χ1v) is 10.6. The van der Waals surface area contributed by atoms with E-state index in [9.17, 15) is 4.79 Å². The number of nitrogens with zero attached hydrogens (tertiary/aromatic N) is 2. The number of guanidine groups is 1. The summed E-state index contributed by atoms with van der Waals surface area (Å²) in [5, 5.41) is 9.81. The largest absolute Gasteiger partial charge is 0.356 e. The fourth-order valence-corrected chi connectivity index (χ4v) is 3.47. The zero-order valence-electron chi connectivity index (χ0n) is 16.4. The van der Waals surface area contributed by atoms with Crippen molar-refractivity contribution >= 4 is 27.8 Å². The Bertz CT molecular complexity index is 597. The molecule has 7 heteroatoms. The molecule has 6 nitrogen and oxygen atoms in total. The summed E-state index contributed by atoms with van der Waals surface area (Å²) < 4.78 is 0.971. The van der Waals surface area contributed by atoms with E-state index in [0.717, 1.165) is 49.3 Å². The van der Waals surface area contributed by atoms with Crippen LogP contribution in [0.15, 0.2) is 33.7 Å². The van der Waals surface area contributed by atoms with Crippen LogP contribution >= 0.6 is 15.9 Å². The summed E-state index contributed by atoms with van der Waals surface area (Å²) in [5.74, 6) is 0.812. The van der Waals surface area contributed by atoms with Gasteiger partial charge in [0.1, 0.15) is 0 Å². The van der Waals surface area contributed by atoms with Gasteiger partial charge in [0.15, 0.2) is 5.96 Å². The normalized spacial score (nSPS) is 16.2. The van der Waals surface area contributed by atoms with Crippen LogP contribution in [0.4, 0.5) is 0 Å². The number of hydrogen-bond donors (Lipinski definition) is 3. The number of piperidine rings is 1. The second-order valence-electron chi connectivity index (χ2n) is 6.88. The third-order valence-corrected chi connectivity index (χ3v) is 5.26. The van der Waals surface area contributed by atoms with Gasteiger partial charge in [0.2, 0.25) is 0 Å². The predicted octanol–water partition coefficient (Wildman–Crippen LogP) is 2.61. The first-order valence-electron chi connectivity index (χ1n) is 9.85. The van der Waals surface area contributed by atoms with Gasteiger partial charge >= 0.3 is 0 Å². The van der Waals surface area contributed by atoms with Gasteiger partial charge in [-0.3, -0.25) is 9.79 Å². The molecule has 1 aliphatic heterocycles. The van der Waals surface area contributed by atoms with E-state index >= 15 is 0 Å². The number of carbonyl (C=O) groups excluding carboxylic acids is 1. The van der Waals surface area contributed by atoms with E-state index in [-0.39, 0.29) is 5.91 Å². The molecular formula is C20H32BrN5O. The molecule has 1 heterocycles. The van der Waals surface area contributed by atoms with E-state index in [1.165, 1.54) is 13.0 Å². The Kier molecular flexibility index (Phi) is 9.62. The number of nitrogens with one attached hydrogen (secondary N) is 3. The van der Waals surface area contributed by atoms with Gasteiger partial charge in [0.05, 0.1) is 0 Å². The van der Waals surface area contributed by atoms with Crippen molar-refractivity contribution in [1.29, 1.82) is 0 Å². The molecule has 2 rings (SSSR count). The maximum Gasteiger partial charge on any atom is 0.251 e. The van der Waals surface area contributed by atoms with Crippen LogP contribution in [-0.4, -0.2) is 62.6 Å². The third kappa shape index (κ3) is 7.89. The SMILES string of the molecule is CCCN1CCC(NC(=NC)NCCCNC(=O)c2ccc(Br)cc2)CC1. The van der Waals surface area contributed by atoms with Gasteiger partial charge in [0, 0.05) is 49.3 Å². The number of hydrogen-bond acceptors (Lipinski definition) is 3. The predicted molar refractivity (Wildman–Crippen MR) is 115 cm³/mol. The van der Waals surface area contributed by atoms with Gasteiger partial charge < -0.3 is 20.9 Å². The minimum atomic E-state index is -0.0381. The van der Waals surface area contributed by atoms with Gasteiger partial charge in [-0.2, -0.15) is 0 Å². The smallest absolute Gasteiger partial charge is 0.251 e.